The molecule has 0 unspecified atom stereocenters. The first-order chi connectivity index (χ1) is 15.1. The number of para-hydroxylation sites is 1. The lowest BCUT2D eigenvalue weighted by Gasteiger charge is -2.15. The van der Waals surface area contributed by atoms with Crippen LogP contribution < -0.4 is 21.4 Å². The van der Waals surface area contributed by atoms with Crippen molar-refractivity contribution in [1.82, 2.24) is 10.3 Å². The van der Waals surface area contributed by atoms with Crippen LogP contribution >= 0.6 is 0 Å². The molecule has 4 rings (SSSR count). The summed E-state index contributed by atoms with van der Waals surface area (Å²) in [5.41, 5.74) is 3.23. The molecule has 0 saturated heterocycles. The first-order valence-electron chi connectivity index (χ1n) is 10.1. The Bertz CT molecular complexity index is 1130. The van der Waals surface area contributed by atoms with E-state index >= 15 is 0 Å². The fraction of sp³-hybridized carbons (Fsp3) is 0.130. The maximum atomic E-state index is 12.8. The Hall–Kier alpha value is -3.94. The van der Waals surface area contributed by atoms with Gasteiger partial charge in [0.25, 0.3) is 11.8 Å². The van der Waals surface area contributed by atoms with Gasteiger partial charge in [0, 0.05) is 30.4 Å². The van der Waals surface area contributed by atoms with Crippen LogP contribution in [0.4, 0.5) is 11.5 Å². The van der Waals surface area contributed by atoms with E-state index in [9.17, 15) is 9.59 Å². The lowest BCUT2D eigenvalue weighted by atomic mass is 9.99. The van der Waals surface area contributed by atoms with Crippen molar-refractivity contribution in [2.24, 2.45) is 4.99 Å². The number of pyridine rings is 1. The molecule has 1 aliphatic heterocycles. The Balaban J connectivity index is 1.48. The van der Waals surface area contributed by atoms with Gasteiger partial charge < -0.3 is 16.0 Å². The first-order valence-corrected chi connectivity index (χ1v) is 10.1. The Labute approximate surface area is 181 Å². The monoisotopic (exact) mass is 411 g/mol. The molecule has 0 bridgehead atoms. The lowest BCUT2D eigenvalue weighted by Crippen LogP contribution is -2.30. The Morgan fingerprint density at radius 3 is 2.45 bits per heavy atom. The third-order valence-electron chi connectivity index (χ3n) is 4.89. The van der Waals surface area contributed by atoms with Gasteiger partial charge in [-0.25, -0.2) is 4.98 Å². The molecular weight excluding hydrogens is 389 g/mol. The number of carbonyl (C=O) groups excluding carboxylic acids is 2. The summed E-state index contributed by atoms with van der Waals surface area (Å²) in [6, 6.07) is 17.7. The van der Waals surface area contributed by atoms with Gasteiger partial charge in [-0.1, -0.05) is 35.8 Å². The van der Waals surface area contributed by atoms with Crippen molar-refractivity contribution in [1.29, 1.82) is 0 Å². The topological polar surface area (TPSA) is 95.5 Å². The zero-order valence-electron chi connectivity index (χ0n) is 17.2. The normalized spacial score (nSPS) is 13.0. The first kappa shape index (κ1) is 20.3. The Morgan fingerprint density at radius 2 is 1.74 bits per heavy atom. The van der Waals surface area contributed by atoms with Crippen LogP contribution in [0.15, 0.2) is 71.9 Å². The number of aromatic nitrogens is 1. The van der Waals surface area contributed by atoms with E-state index in [0.29, 0.717) is 22.6 Å². The van der Waals surface area contributed by atoms with E-state index < -0.39 is 0 Å². The van der Waals surface area contributed by atoms with E-state index in [1.165, 1.54) is 0 Å². The quantitative estimate of drug-likeness (QED) is 0.556. The van der Waals surface area contributed by atoms with Gasteiger partial charge in [-0.3, -0.25) is 14.6 Å². The van der Waals surface area contributed by atoms with Crippen LogP contribution in [-0.4, -0.2) is 43.6 Å². The largest absolute Gasteiger partial charge is 0.370 e. The van der Waals surface area contributed by atoms with Gasteiger partial charge in [-0.05, 0) is 36.8 Å². The lowest BCUT2D eigenvalue weighted by molar-refractivity contribution is 0.102. The summed E-state index contributed by atoms with van der Waals surface area (Å²) in [5.74, 6) is 0.666. The molecule has 2 aromatic carbocycles. The zero-order valence-corrected chi connectivity index (χ0v) is 17.2. The molecule has 0 spiro atoms. The van der Waals surface area contributed by atoms with Gasteiger partial charge >= 0.3 is 0 Å². The zero-order chi connectivity index (χ0) is 21.6. The highest BCUT2D eigenvalue weighted by atomic mass is 16.2. The summed E-state index contributed by atoms with van der Waals surface area (Å²) in [6.07, 6.45) is 2.71. The molecule has 0 saturated carbocycles. The molecule has 0 fully saturated rings. The molecule has 1 aliphatic rings. The third-order valence-corrected chi connectivity index (χ3v) is 4.89. The number of nitrogens with one attached hydrogen (secondary N) is 3. The summed E-state index contributed by atoms with van der Waals surface area (Å²) in [5, 5.41) is 8.86. The fourth-order valence-electron chi connectivity index (χ4n) is 3.22. The number of nitrogens with zero attached hydrogens (tertiary/aromatic N) is 2. The van der Waals surface area contributed by atoms with Gasteiger partial charge in [0.05, 0.1) is 11.3 Å². The van der Waals surface area contributed by atoms with E-state index in [1.54, 1.807) is 48.7 Å². The number of aliphatic imine (C=N–C) groups is 1. The van der Waals surface area contributed by atoms with Crippen molar-refractivity contribution in [2.45, 2.75) is 6.42 Å². The molecule has 2 amide bonds. The molecule has 0 aliphatic carbocycles. The van der Waals surface area contributed by atoms with Crippen molar-refractivity contribution >= 4 is 42.5 Å². The van der Waals surface area contributed by atoms with Crippen molar-refractivity contribution in [3.05, 3.63) is 83.6 Å². The molecule has 0 atom stereocenters. The number of carbonyl (C=O) groups is 2. The van der Waals surface area contributed by atoms with Crippen molar-refractivity contribution in [2.75, 3.05) is 23.7 Å². The van der Waals surface area contributed by atoms with Gasteiger partial charge in [-0.2, -0.15) is 0 Å². The molecular formula is C23H22BN5O2. The fourth-order valence-corrected chi connectivity index (χ4v) is 3.22. The minimum Gasteiger partial charge on any atom is -0.370 e. The van der Waals surface area contributed by atoms with Crippen molar-refractivity contribution in [3.8, 4) is 0 Å². The summed E-state index contributed by atoms with van der Waals surface area (Å²) in [4.78, 5) is 34.2. The summed E-state index contributed by atoms with van der Waals surface area (Å²) in [6.45, 7) is 1.71. The maximum absolute atomic E-state index is 12.8. The number of amides is 2. The highest BCUT2D eigenvalue weighted by Crippen LogP contribution is 2.18. The predicted molar refractivity (Wildman–Crippen MR) is 125 cm³/mol. The molecule has 3 N–H and O–H groups in total. The van der Waals surface area contributed by atoms with E-state index in [-0.39, 0.29) is 11.8 Å². The van der Waals surface area contributed by atoms with Gasteiger partial charge in [-0.15, -0.1) is 0 Å². The number of anilines is 2. The minimum absolute atomic E-state index is 0.293. The van der Waals surface area contributed by atoms with Crippen LogP contribution in [0.2, 0.25) is 0 Å². The highest BCUT2D eigenvalue weighted by molar-refractivity contribution is 6.32. The van der Waals surface area contributed by atoms with Crippen LogP contribution in [0, 0.1) is 0 Å². The van der Waals surface area contributed by atoms with Crippen LogP contribution in [0.5, 0.6) is 0 Å². The minimum atomic E-state index is -0.344. The Morgan fingerprint density at radius 1 is 0.935 bits per heavy atom. The number of hydrogen-bond acceptors (Lipinski definition) is 5. The number of amidine groups is 1. The number of rotatable bonds is 5. The van der Waals surface area contributed by atoms with Crippen molar-refractivity contribution < 1.29 is 9.59 Å². The Kier molecular flexibility index (Phi) is 6.07. The van der Waals surface area contributed by atoms with Gasteiger partial charge in [0.2, 0.25) is 0 Å². The molecule has 0 radical (unpaired) electrons. The van der Waals surface area contributed by atoms with Crippen LogP contribution in [-0.2, 0) is 0 Å². The van der Waals surface area contributed by atoms with E-state index in [4.69, 9.17) is 0 Å². The smallest absolute Gasteiger partial charge is 0.258 e. The average Bonchev–Trinajstić information content (AvgIpc) is 2.81. The summed E-state index contributed by atoms with van der Waals surface area (Å²) in [7, 11) is 1.93. The molecule has 1 aromatic heterocycles. The van der Waals surface area contributed by atoms with Gasteiger partial charge in [0.1, 0.15) is 19.5 Å². The second-order valence-electron chi connectivity index (χ2n) is 7.26. The van der Waals surface area contributed by atoms with Crippen LogP contribution in [0.25, 0.3) is 0 Å². The van der Waals surface area contributed by atoms with E-state index in [2.05, 4.69) is 25.9 Å². The molecule has 3 aromatic rings. The van der Waals surface area contributed by atoms with Crippen LogP contribution in [0.1, 0.15) is 32.7 Å². The average molecular weight is 411 g/mol. The molecule has 31 heavy (non-hydrogen) atoms. The van der Waals surface area contributed by atoms with Gasteiger partial charge in [0.15, 0.2) is 0 Å². The third kappa shape index (κ3) is 4.98. The second-order valence-corrected chi connectivity index (χ2v) is 7.26. The molecule has 2 heterocycles. The SMILES string of the molecule is Bc1ccc(NC(=O)c2ccccc2NC(=O)c2ccc(C3=NCCCN3)cc2)nc1. The van der Waals surface area contributed by atoms with Crippen LogP contribution in [0.3, 0.4) is 0 Å². The molecule has 154 valence electrons. The molecule has 8 heteroatoms. The standard InChI is InChI=1S/C23H22BN5O2/c24-17-10-11-20(27-14-17)29-23(31)18-4-1-2-5-19(18)28-22(30)16-8-6-15(7-9-16)21-25-12-3-13-26-21/h1-2,4-11,14H,3,12-13,24H2,(H,25,26)(H,28,30)(H,27,29,31). The summed E-state index contributed by atoms with van der Waals surface area (Å²) < 4.78 is 0. The maximum Gasteiger partial charge on any atom is 0.258 e. The van der Waals surface area contributed by atoms with E-state index in [1.807, 2.05) is 26.0 Å². The predicted octanol–water partition coefficient (Wildman–Crippen LogP) is 1.58. The summed E-state index contributed by atoms with van der Waals surface area (Å²) >= 11 is 0. The number of hydrogen-bond donors (Lipinski definition) is 3. The van der Waals surface area contributed by atoms with E-state index in [0.717, 1.165) is 36.4 Å². The highest BCUT2D eigenvalue weighted by Gasteiger charge is 2.15. The van der Waals surface area contributed by atoms with Crippen molar-refractivity contribution in [3.63, 3.8) is 0 Å². The number of benzene rings is 2. The second kappa shape index (κ2) is 9.25. The molecule has 7 nitrogen and oxygen atoms in total.